The van der Waals surface area contributed by atoms with Gasteiger partial charge in [0.1, 0.15) is 5.76 Å². The maximum atomic E-state index is 11.7. The largest absolute Gasteiger partial charge is 0.448 e. The summed E-state index contributed by atoms with van der Waals surface area (Å²) in [6, 6.07) is 9.43. The van der Waals surface area contributed by atoms with Crippen molar-refractivity contribution in [1.29, 1.82) is 0 Å². The summed E-state index contributed by atoms with van der Waals surface area (Å²) in [6.45, 7) is 0. The van der Waals surface area contributed by atoms with Gasteiger partial charge in [0.15, 0.2) is 4.67 Å². The van der Waals surface area contributed by atoms with E-state index in [2.05, 4.69) is 26.5 Å². The molecule has 1 aromatic carbocycles. The van der Waals surface area contributed by atoms with Crippen molar-refractivity contribution in [2.24, 2.45) is 5.10 Å². The number of rotatable bonds is 5. The fourth-order valence-electron chi connectivity index (χ4n) is 1.62. The van der Waals surface area contributed by atoms with Crippen LogP contribution in [-0.4, -0.2) is 17.0 Å². The highest BCUT2D eigenvalue weighted by Gasteiger charge is 2.14. The lowest BCUT2D eigenvalue weighted by atomic mass is 10.1. The van der Waals surface area contributed by atoms with Crippen molar-refractivity contribution in [2.75, 3.05) is 0 Å². The van der Waals surface area contributed by atoms with Gasteiger partial charge in [-0.05, 0) is 28.1 Å². The molecule has 0 aliphatic heterocycles. The van der Waals surface area contributed by atoms with Gasteiger partial charge in [0, 0.05) is 11.6 Å². The van der Waals surface area contributed by atoms with Crippen LogP contribution >= 0.6 is 15.9 Å². The Labute approximate surface area is 127 Å². The monoisotopic (exact) mass is 351 g/mol. The molecule has 0 bridgehead atoms. The Morgan fingerprint density at radius 2 is 2.14 bits per heavy atom. The minimum absolute atomic E-state index is 0.0911. The van der Waals surface area contributed by atoms with Gasteiger partial charge in [-0.15, -0.1) is 0 Å². The lowest BCUT2D eigenvalue weighted by Gasteiger charge is -2.01. The number of carbonyl (C=O) groups is 1. The lowest BCUT2D eigenvalue weighted by Crippen LogP contribution is -2.20. The van der Waals surface area contributed by atoms with Gasteiger partial charge in [0.2, 0.25) is 5.91 Å². The molecule has 0 saturated carbocycles. The molecule has 2 aromatic rings. The molecule has 2 rings (SSSR count). The molecule has 108 valence electrons. The van der Waals surface area contributed by atoms with E-state index < -0.39 is 10.8 Å². The van der Waals surface area contributed by atoms with E-state index in [4.69, 9.17) is 4.42 Å². The molecule has 1 amide bonds. The Balaban J connectivity index is 1.96. The van der Waals surface area contributed by atoms with Crippen LogP contribution in [0.3, 0.4) is 0 Å². The molecule has 0 saturated heterocycles. The number of nitrogens with zero attached hydrogens (tertiary/aromatic N) is 2. The van der Waals surface area contributed by atoms with E-state index in [1.807, 2.05) is 0 Å². The summed E-state index contributed by atoms with van der Waals surface area (Å²) in [7, 11) is 0. The highest BCUT2D eigenvalue weighted by atomic mass is 79.9. The van der Waals surface area contributed by atoms with Crippen LogP contribution < -0.4 is 5.43 Å². The zero-order valence-electron chi connectivity index (χ0n) is 10.7. The molecule has 1 N–H and O–H groups in total. The van der Waals surface area contributed by atoms with Gasteiger partial charge >= 0.3 is 0 Å². The second-order valence-corrected chi connectivity index (χ2v) is 4.78. The quantitative estimate of drug-likeness (QED) is 0.508. The average Bonchev–Trinajstić information content (AvgIpc) is 2.85. The van der Waals surface area contributed by atoms with Gasteiger partial charge in [-0.1, -0.05) is 18.2 Å². The molecule has 7 nitrogen and oxygen atoms in total. The van der Waals surface area contributed by atoms with Crippen LogP contribution in [0.15, 0.2) is 50.6 Å². The summed E-state index contributed by atoms with van der Waals surface area (Å²) in [6.07, 6.45) is 1.21. The van der Waals surface area contributed by atoms with Crippen LogP contribution in [0.5, 0.6) is 0 Å². The molecule has 0 fully saturated rings. The summed E-state index contributed by atoms with van der Waals surface area (Å²) in [4.78, 5) is 22.0. The van der Waals surface area contributed by atoms with E-state index in [1.165, 1.54) is 18.3 Å². The summed E-state index contributed by atoms with van der Waals surface area (Å²) < 4.78 is 5.71. The fourth-order valence-corrected chi connectivity index (χ4v) is 1.94. The van der Waals surface area contributed by atoms with Crippen molar-refractivity contribution in [1.82, 2.24) is 5.43 Å². The first-order valence-corrected chi connectivity index (χ1v) is 6.65. The van der Waals surface area contributed by atoms with Crippen LogP contribution in [-0.2, 0) is 11.2 Å². The zero-order chi connectivity index (χ0) is 15.2. The van der Waals surface area contributed by atoms with Crippen molar-refractivity contribution >= 4 is 33.7 Å². The SMILES string of the molecule is O=C(Cc1ccccc1[N+](=O)[O-])NN=Cc1ccc(Br)o1. The van der Waals surface area contributed by atoms with E-state index >= 15 is 0 Å². The number of nitro groups is 1. The van der Waals surface area contributed by atoms with Gasteiger partial charge in [-0.25, -0.2) is 5.43 Å². The van der Waals surface area contributed by atoms with Crippen LogP contribution in [0, 0.1) is 10.1 Å². The lowest BCUT2D eigenvalue weighted by molar-refractivity contribution is -0.385. The second kappa shape index (κ2) is 6.80. The van der Waals surface area contributed by atoms with Gasteiger partial charge < -0.3 is 4.42 Å². The van der Waals surface area contributed by atoms with Crippen molar-refractivity contribution in [3.63, 3.8) is 0 Å². The van der Waals surface area contributed by atoms with Crippen LogP contribution in [0.2, 0.25) is 0 Å². The number of carbonyl (C=O) groups excluding carboxylic acids is 1. The smallest absolute Gasteiger partial charge is 0.273 e. The zero-order valence-corrected chi connectivity index (χ0v) is 12.2. The first-order valence-electron chi connectivity index (χ1n) is 5.86. The maximum absolute atomic E-state index is 11.7. The molecule has 0 aliphatic rings. The molecule has 0 aliphatic carbocycles. The summed E-state index contributed by atoms with van der Waals surface area (Å²) in [5, 5.41) is 14.5. The number of halogens is 1. The maximum Gasteiger partial charge on any atom is 0.273 e. The predicted octanol–water partition coefficient (Wildman–Crippen LogP) is 2.64. The van der Waals surface area contributed by atoms with Crippen LogP contribution in [0.4, 0.5) is 5.69 Å². The predicted molar refractivity (Wildman–Crippen MR) is 78.9 cm³/mol. The summed E-state index contributed by atoms with van der Waals surface area (Å²) in [5.41, 5.74) is 2.53. The topological polar surface area (TPSA) is 97.7 Å². The van der Waals surface area contributed by atoms with Gasteiger partial charge in [-0.3, -0.25) is 14.9 Å². The van der Waals surface area contributed by atoms with E-state index in [0.29, 0.717) is 16.0 Å². The number of furan rings is 1. The normalized spacial score (nSPS) is 10.7. The Morgan fingerprint density at radius 3 is 2.81 bits per heavy atom. The molecule has 1 heterocycles. The molecule has 0 radical (unpaired) electrons. The van der Waals surface area contributed by atoms with Crippen molar-refractivity contribution in [2.45, 2.75) is 6.42 Å². The van der Waals surface area contributed by atoms with Gasteiger partial charge in [-0.2, -0.15) is 5.10 Å². The Morgan fingerprint density at radius 1 is 1.38 bits per heavy atom. The third-order valence-corrected chi connectivity index (χ3v) is 2.94. The van der Waals surface area contributed by atoms with E-state index in [0.717, 1.165) is 0 Å². The Kier molecular flexibility index (Phi) is 4.83. The summed E-state index contributed by atoms with van der Waals surface area (Å²) >= 11 is 3.14. The van der Waals surface area contributed by atoms with Crippen LogP contribution in [0.25, 0.3) is 0 Å². The number of para-hydroxylation sites is 1. The first kappa shape index (κ1) is 14.9. The number of nitro benzene ring substituents is 1. The number of benzene rings is 1. The Bertz CT molecular complexity index is 696. The highest BCUT2D eigenvalue weighted by Crippen LogP contribution is 2.17. The number of nitrogens with one attached hydrogen (secondary N) is 1. The second-order valence-electron chi connectivity index (χ2n) is 4.00. The number of hydrogen-bond acceptors (Lipinski definition) is 5. The average molecular weight is 352 g/mol. The van der Waals surface area contributed by atoms with Gasteiger partial charge in [0.25, 0.3) is 5.69 Å². The third kappa shape index (κ3) is 4.25. The van der Waals surface area contributed by atoms with E-state index in [-0.39, 0.29) is 12.1 Å². The number of hydrazone groups is 1. The van der Waals surface area contributed by atoms with E-state index in [9.17, 15) is 14.9 Å². The minimum Gasteiger partial charge on any atom is -0.448 e. The standard InChI is InChI=1S/C13H10BrN3O4/c14-12-6-5-10(21-12)8-15-16-13(18)7-9-3-1-2-4-11(9)17(19)20/h1-6,8H,7H2,(H,16,18). The molecule has 0 unspecified atom stereocenters. The molecule has 1 aromatic heterocycles. The first-order chi connectivity index (χ1) is 10.1. The molecule has 0 atom stereocenters. The number of hydrogen-bond donors (Lipinski definition) is 1. The van der Waals surface area contributed by atoms with Crippen molar-refractivity contribution in [3.05, 3.63) is 62.5 Å². The molecular weight excluding hydrogens is 342 g/mol. The molecule has 0 spiro atoms. The molecular formula is C13H10BrN3O4. The number of amides is 1. The van der Waals surface area contributed by atoms with Crippen molar-refractivity contribution in [3.8, 4) is 0 Å². The third-order valence-electron chi connectivity index (χ3n) is 2.51. The van der Waals surface area contributed by atoms with E-state index in [1.54, 1.807) is 24.3 Å². The van der Waals surface area contributed by atoms with Crippen LogP contribution in [0.1, 0.15) is 11.3 Å². The minimum atomic E-state index is -0.522. The highest BCUT2D eigenvalue weighted by molar-refractivity contribution is 9.10. The Hall–Kier alpha value is -2.48. The van der Waals surface area contributed by atoms with Gasteiger partial charge in [0.05, 0.1) is 17.6 Å². The van der Waals surface area contributed by atoms with Crippen molar-refractivity contribution < 1.29 is 14.1 Å². The fraction of sp³-hybridized carbons (Fsp3) is 0.0769. The summed E-state index contributed by atoms with van der Waals surface area (Å²) in [5.74, 6) is 0.0130. The molecule has 8 heteroatoms. The molecule has 21 heavy (non-hydrogen) atoms.